The van der Waals surface area contributed by atoms with Crippen molar-refractivity contribution in [3.8, 4) is 22.9 Å². The van der Waals surface area contributed by atoms with Gasteiger partial charge in [0.15, 0.2) is 0 Å². The molecule has 12 heteroatoms. The van der Waals surface area contributed by atoms with E-state index in [0.29, 0.717) is 23.0 Å². The molecule has 0 unspecified atom stereocenters. The number of rotatable bonds is 9. The Balaban J connectivity index is 1.46. The summed E-state index contributed by atoms with van der Waals surface area (Å²) in [5.74, 6) is 1.06. The lowest BCUT2D eigenvalue weighted by molar-refractivity contribution is 0.0892. The van der Waals surface area contributed by atoms with Crippen molar-refractivity contribution >= 4 is 23.6 Å². The topological polar surface area (TPSA) is 131 Å². The molecule has 0 aliphatic heterocycles. The number of anilines is 2. The molecule has 4 rings (SSSR count). The summed E-state index contributed by atoms with van der Waals surface area (Å²) in [5, 5.41) is 19.5. The van der Waals surface area contributed by atoms with Crippen LogP contribution in [-0.2, 0) is 5.41 Å². The van der Waals surface area contributed by atoms with E-state index < -0.39 is 23.5 Å². The number of aromatic nitrogens is 3. The number of pyridine rings is 1. The number of carbonyl (C=O) groups is 2. The van der Waals surface area contributed by atoms with Crippen LogP contribution in [0.3, 0.4) is 0 Å². The summed E-state index contributed by atoms with van der Waals surface area (Å²) in [6.45, 7) is 13.7. The maximum atomic E-state index is 14.9. The number of aryl methyl sites for hydroxylation is 1. The Morgan fingerprint density at radius 1 is 0.933 bits per heavy atom. The minimum atomic E-state index is -1.01. The molecule has 0 aliphatic rings. The van der Waals surface area contributed by atoms with Crippen molar-refractivity contribution in [3.63, 3.8) is 0 Å². The number of halogens is 1. The van der Waals surface area contributed by atoms with Gasteiger partial charge in [-0.1, -0.05) is 20.8 Å². The lowest BCUT2D eigenvalue weighted by Gasteiger charge is -2.32. The summed E-state index contributed by atoms with van der Waals surface area (Å²) in [7, 11) is 0. The van der Waals surface area contributed by atoms with Gasteiger partial charge in [-0.2, -0.15) is 5.10 Å². The maximum absolute atomic E-state index is 14.9. The minimum Gasteiger partial charge on any atom is -0.492 e. The molecule has 0 fully saturated rings. The highest BCUT2D eigenvalue weighted by Crippen LogP contribution is 2.29. The van der Waals surface area contributed by atoms with Gasteiger partial charge in [0.25, 0.3) is 0 Å². The highest BCUT2D eigenvalue weighted by molar-refractivity contribution is 5.99. The molecule has 3 N–H and O–H groups in total. The third-order valence-electron chi connectivity index (χ3n) is 6.72. The number of amides is 3. The quantitative estimate of drug-likeness (QED) is 0.176. The van der Waals surface area contributed by atoms with Gasteiger partial charge < -0.3 is 24.8 Å². The second-order valence-electron chi connectivity index (χ2n) is 12.5. The summed E-state index contributed by atoms with van der Waals surface area (Å²) >= 11 is 0. The first-order valence-electron chi connectivity index (χ1n) is 14.4. The second-order valence-corrected chi connectivity index (χ2v) is 12.5. The minimum absolute atomic E-state index is 0.0257. The van der Waals surface area contributed by atoms with Gasteiger partial charge in [-0.25, -0.2) is 18.7 Å². The first-order valence-corrected chi connectivity index (χ1v) is 14.4. The van der Waals surface area contributed by atoms with Crippen LogP contribution < -0.4 is 20.1 Å². The molecule has 11 nitrogen and oxygen atoms in total. The average molecular weight is 619 g/mol. The van der Waals surface area contributed by atoms with E-state index in [1.165, 1.54) is 17.0 Å². The monoisotopic (exact) mass is 618 g/mol. The molecular formula is C33H39FN6O5. The molecule has 0 radical (unpaired) electrons. The standard InChI is InChI=1S/C33H39FN6O5/c1-21-18-25(14-15-35-21)45-24-12-13-27(26(34)19-24)36-30(41)37-29-20-28(32(2,3)4)38-40(29)22-8-10-23(11-9-22)44-17-16-39(31(42)43)33(5,6)7/h8-15,18-20H,16-17H2,1-7H3,(H,42,43)(H2,36,37,41). The van der Waals surface area contributed by atoms with Crippen LogP contribution in [0, 0.1) is 12.7 Å². The number of urea groups is 1. The Morgan fingerprint density at radius 2 is 1.60 bits per heavy atom. The number of hydrogen-bond acceptors (Lipinski definition) is 6. The number of carbonyl (C=O) groups excluding carboxylic acids is 1. The Kier molecular flexibility index (Phi) is 9.65. The van der Waals surface area contributed by atoms with E-state index in [1.54, 1.807) is 59.4 Å². The van der Waals surface area contributed by atoms with E-state index in [2.05, 4.69) is 15.6 Å². The van der Waals surface area contributed by atoms with Crippen molar-refractivity contribution in [2.24, 2.45) is 0 Å². The molecule has 45 heavy (non-hydrogen) atoms. The molecule has 0 bridgehead atoms. The normalized spacial score (nSPS) is 11.6. The molecule has 0 aliphatic carbocycles. The van der Waals surface area contributed by atoms with E-state index in [1.807, 2.05) is 48.5 Å². The Morgan fingerprint density at radius 3 is 2.20 bits per heavy atom. The van der Waals surface area contributed by atoms with Gasteiger partial charge in [0, 0.05) is 41.0 Å². The van der Waals surface area contributed by atoms with Crippen molar-refractivity contribution in [2.75, 3.05) is 23.8 Å². The van der Waals surface area contributed by atoms with Gasteiger partial charge in [0.1, 0.15) is 35.5 Å². The second kappa shape index (κ2) is 13.2. The summed E-state index contributed by atoms with van der Waals surface area (Å²) in [6, 6.07) is 15.7. The summed E-state index contributed by atoms with van der Waals surface area (Å²) < 4.78 is 28.0. The molecule has 0 spiro atoms. The van der Waals surface area contributed by atoms with Crippen LogP contribution in [0.15, 0.2) is 66.9 Å². The van der Waals surface area contributed by atoms with Gasteiger partial charge >= 0.3 is 12.1 Å². The van der Waals surface area contributed by atoms with Crippen molar-refractivity contribution in [3.05, 3.63) is 84.1 Å². The molecule has 2 aromatic heterocycles. The molecule has 3 amide bonds. The maximum Gasteiger partial charge on any atom is 0.407 e. The van der Waals surface area contributed by atoms with Crippen molar-refractivity contribution in [1.82, 2.24) is 19.7 Å². The van der Waals surface area contributed by atoms with Crippen molar-refractivity contribution in [1.29, 1.82) is 0 Å². The summed E-state index contributed by atoms with van der Waals surface area (Å²) in [6.07, 6.45) is 0.591. The van der Waals surface area contributed by atoms with E-state index in [0.717, 1.165) is 11.4 Å². The van der Waals surface area contributed by atoms with E-state index >= 15 is 0 Å². The fraction of sp³-hybridized carbons (Fsp3) is 0.333. The Labute approximate surface area is 262 Å². The zero-order valence-electron chi connectivity index (χ0n) is 26.5. The van der Waals surface area contributed by atoms with Crippen molar-refractivity contribution < 1.29 is 28.6 Å². The van der Waals surface area contributed by atoms with Crippen LogP contribution in [0.4, 0.5) is 25.5 Å². The first-order chi connectivity index (χ1) is 21.1. The van der Waals surface area contributed by atoms with E-state index in [4.69, 9.17) is 14.6 Å². The SMILES string of the molecule is Cc1cc(Oc2ccc(NC(=O)Nc3cc(C(C)(C)C)nn3-c3ccc(OCCN(C(=O)O)C(C)(C)C)cc3)c(F)c2)ccn1. The van der Waals surface area contributed by atoms with Crippen molar-refractivity contribution in [2.45, 2.75) is 59.4 Å². The third kappa shape index (κ3) is 8.71. The molecule has 2 aromatic carbocycles. The first kappa shape index (κ1) is 32.8. The zero-order valence-corrected chi connectivity index (χ0v) is 26.5. The lowest BCUT2D eigenvalue weighted by Crippen LogP contribution is -2.46. The van der Waals surface area contributed by atoms with Gasteiger partial charge in [0.2, 0.25) is 0 Å². The zero-order chi connectivity index (χ0) is 32.9. The van der Waals surface area contributed by atoms with Crippen LogP contribution in [0.1, 0.15) is 52.9 Å². The summed E-state index contributed by atoms with van der Waals surface area (Å²) in [5.41, 5.74) is 1.24. The van der Waals surface area contributed by atoms with Crippen LogP contribution in [0.2, 0.25) is 0 Å². The molecule has 2 heterocycles. The number of nitrogens with zero attached hydrogens (tertiary/aromatic N) is 4. The molecular weight excluding hydrogens is 579 g/mol. The van der Waals surface area contributed by atoms with Crippen LogP contribution in [-0.4, -0.2) is 55.6 Å². The highest BCUT2D eigenvalue weighted by Gasteiger charge is 2.26. The van der Waals surface area contributed by atoms with E-state index in [-0.39, 0.29) is 30.0 Å². The van der Waals surface area contributed by atoms with Gasteiger partial charge in [-0.15, -0.1) is 0 Å². The predicted octanol–water partition coefficient (Wildman–Crippen LogP) is 7.61. The molecule has 0 saturated carbocycles. The van der Waals surface area contributed by atoms with E-state index in [9.17, 15) is 19.1 Å². The number of benzene rings is 2. The molecule has 238 valence electrons. The van der Waals surface area contributed by atoms with Crippen LogP contribution in [0.25, 0.3) is 5.69 Å². The molecule has 4 aromatic rings. The van der Waals surface area contributed by atoms with Gasteiger partial charge in [0.05, 0.1) is 23.6 Å². The molecule has 0 atom stereocenters. The van der Waals surface area contributed by atoms with Crippen LogP contribution >= 0.6 is 0 Å². The summed E-state index contributed by atoms with van der Waals surface area (Å²) in [4.78, 5) is 30.0. The number of carboxylic acid groups (broad SMARTS) is 1. The fourth-order valence-corrected chi connectivity index (χ4v) is 4.34. The Hall–Kier alpha value is -5.13. The highest BCUT2D eigenvalue weighted by atomic mass is 19.1. The largest absolute Gasteiger partial charge is 0.492 e. The molecule has 0 saturated heterocycles. The van der Waals surface area contributed by atoms with Gasteiger partial charge in [-0.3, -0.25) is 10.3 Å². The third-order valence-corrected chi connectivity index (χ3v) is 6.72. The number of nitrogens with one attached hydrogen (secondary N) is 2. The van der Waals surface area contributed by atoms with Gasteiger partial charge in [-0.05, 0) is 70.2 Å². The predicted molar refractivity (Wildman–Crippen MR) is 170 cm³/mol. The number of ether oxygens (including phenoxy) is 2. The number of hydrogen-bond donors (Lipinski definition) is 3. The van der Waals surface area contributed by atoms with Crippen LogP contribution in [0.5, 0.6) is 17.2 Å². The fourth-order valence-electron chi connectivity index (χ4n) is 4.34. The smallest absolute Gasteiger partial charge is 0.407 e. The Bertz CT molecular complexity index is 1660. The lowest BCUT2D eigenvalue weighted by atomic mass is 9.92. The average Bonchev–Trinajstić information content (AvgIpc) is 3.36.